The molecule has 1 atom stereocenters. The van der Waals surface area contributed by atoms with Crippen LogP contribution in [0.25, 0.3) is 0 Å². The van der Waals surface area contributed by atoms with Crippen molar-refractivity contribution >= 4 is 0 Å². The van der Waals surface area contributed by atoms with Crippen molar-refractivity contribution in [2.45, 2.75) is 76.9 Å². The van der Waals surface area contributed by atoms with E-state index in [1.807, 2.05) is 0 Å². The van der Waals surface area contributed by atoms with Crippen LogP contribution < -0.4 is 5.32 Å². The fourth-order valence-corrected chi connectivity index (χ4v) is 3.26. The Balaban J connectivity index is 1.53. The minimum absolute atomic E-state index is 0.545. The van der Waals surface area contributed by atoms with Gasteiger partial charge < -0.3 is 10.1 Å². The quantitative estimate of drug-likeness (QED) is 0.793. The maximum absolute atomic E-state index is 5.76. The largest absolute Gasteiger partial charge is 0.378 e. The molecule has 2 rings (SSSR count). The monoisotopic (exact) mass is 239 g/mol. The summed E-state index contributed by atoms with van der Waals surface area (Å²) in [6.45, 7) is 4.48. The predicted molar refractivity (Wildman–Crippen MR) is 72.2 cm³/mol. The summed E-state index contributed by atoms with van der Waals surface area (Å²) in [6, 6.07) is 0.793. The van der Waals surface area contributed by atoms with E-state index in [1.165, 1.54) is 57.8 Å². The first-order valence-corrected chi connectivity index (χ1v) is 7.73. The van der Waals surface area contributed by atoms with Crippen LogP contribution in [0.4, 0.5) is 0 Å². The lowest BCUT2D eigenvalue weighted by atomic mass is 9.84. The maximum atomic E-state index is 5.76. The summed E-state index contributed by atoms with van der Waals surface area (Å²) in [7, 11) is 0. The van der Waals surface area contributed by atoms with Crippen molar-refractivity contribution in [3.63, 3.8) is 0 Å². The smallest absolute Gasteiger partial charge is 0.0587 e. The molecule has 100 valence electrons. The van der Waals surface area contributed by atoms with Crippen LogP contribution in [0.3, 0.4) is 0 Å². The second kappa shape index (κ2) is 7.38. The van der Waals surface area contributed by atoms with Crippen molar-refractivity contribution in [3.05, 3.63) is 0 Å². The van der Waals surface area contributed by atoms with Gasteiger partial charge in [0.25, 0.3) is 0 Å². The zero-order valence-electron chi connectivity index (χ0n) is 11.4. The van der Waals surface area contributed by atoms with Gasteiger partial charge in [0.05, 0.1) is 6.10 Å². The molecular formula is C15H29NO. The van der Waals surface area contributed by atoms with Crippen molar-refractivity contribution in [3.8, 4) is 0 Å². The van der Waals surface area contributed by atoms with Crippen LogP contribution in [0.15, 0.2) is 0 Å². The first-order valence-electron chi connectivity index (χ1n) is 7.73. The molecule has 2 nitrogen and oxygen atoms in total. The van der Waals surface area contributed by atoms with Crippen LogP contribution in [-0.2, 0) is 4.74 Å². The Labute approximate surface area is 107 Å². The zero-order valence-corrected chi connectivity index (χ0v) is 11.4. The lowest BCUT2D eigenvalue weighted by Gasteiger charge is -2.29. The molecule has 0 aromatic heterocycles. The highest BCUT2D eigenvalue weighted by atomic mass is 16.5. The summed E-state index contributed by atoms with van der Waals surface area (Å²) in [5.74, 6) is 1.01. The molecule has 1 unspecified atom stereocenters. The summed E-state index contributed by atoms with van der Waals surface area (Å²) in [6.07, 6.45) is 12.7. The van der Waals surface area contributed by atoms with Gasteiger partial charge in [-0.3, -0.25) is 0 Å². The van der Waals surface area contributed by atoms with Gasteiger partial charge in [-0.05, 0) is 63.8 Å². The third-order valence-corrected chi connectivity index (χ3v) is 4.60. The number of ether oxygens (including phenoxy) is 1. The first kappa shape index (κ1) is 13.4. The molecule has 1 aliphatic heterocycles. The van der Waals surface area contributed by atoms with E-state index in [4.69, 9.17) is 4.74 Å². The Morgan fingerprint density at radius 1 is 1.06 bits per heavy atom. The number of rotatable bonds is 5. The SMILES string of the molecule is CCC1CCC(NCCC2CCCCO2)CC1. The molecule has 0 spiro atoms. The summed E-state index contributed by atoms with van der Waals surface area (Å²) >= 11 is 0. The predicted octanol–water partition coefficient (Wildman–Crippen LogP) is 3.50. The van der Waals surface area contributed by atoms with Gasteiger partial charge in [-0.25, -0.2) is 0 Å². The zero-order chi connectivity index (χ0) is 11.9. The molecule has 0 aromatic carbocycles. The molecule has 0 aromatic rings. The Morgan fingerprint density at radius 2 is 1.88 bits per heavy atom. The summed E-state index contributed by atoms with van der Waals surface area (Å²) in [4.78, 5) is 0. The van der Waals surface area contributed by atoms with Crippen LogP contribution >= 0.6 is 0 Å². The van der Waals surface area contributed by atoms with Crippen molar-refractivity contribution in [2.75, 3.05) is 13.2 Å². The molecule has 1 saturated carbocycles. The van der Waals surface area contributed by atoms with E-state index in [0.29, 0.717) is 6.10 Å². The Kier molecular flexibility index (Phi) is 5.79. The standard InChI is InChI=1S/C15H29NO/c1-2-13-6-8-14(9-7-13)16-11-10-15-5-3-4-12-17-15/h13-16H,2-12H2,1H3. The highest BCUT2D eigenvalue weighted by Crippen LogP contribution is 2.26. The van der Waals surface area contributed by atoms with E-state index in [9.17, 15) is 0 Å². The number of hydrogen-bond donors (Lipinski definition) is 1. The van der Waals surface area contributed by atoms with E-state index >= 15 is 0 Å². The third-order valence-electron chi connectivity index (χ3n) is 4.60. The number of nitrogens with one attached hydrogen (secondary N) is 1. The number of hydrogen-bond acceptors (Lipinski definition) is 2. The average Bonchev–Trinajstić information content (AvgIpc) is 2.41. The fourth-order valence-electron chi connectivity index (χ4n) is 3.26. The highest BCUT2D eigenvalue weighted by Gasteiger charge is 2.20. The van der Waals surface area contributed by atoms with Gasteiger partial charge in [0.15, 0.2) is 0 Å². The topological polar surface area (TPSA) is 21.3 Å². The molecule has 0 radical (unpaired) electrons. The minimum Gasteiger partial charge on any atom is -0.378 e. The Bertz CT molecular complexity index is 193. The van der Waals surface area contributed by atoms with E-state index in [0.717, 1.165) is 25.1 Å². The van der Waals surface area contributed by atoms with E-state index in [2.05, 4.69) is 12.2 Å². The van der Waals surface area contributed by atoms with Gasteiger partial charge in [-0.15, -0.1) is 0 Å². The van der Waals surface area contributed by atoms with Gasteiger partial charge in [-0.2, -0.15) is 0 Å². The molecule has 1 heterocycles. The second-order valence-electron chi connectivity index (χ2n) is 5.86. The summed E-state index contributed by atoms with van der Waals surface area (Å²) in [5.41, 5.74) is 0. The summed E-state index contributed by atoms with van der Waals surface area (Å²) in [5, 5.41) is 3.73. The van der Waals surface area contributed by atoms with Gasteiger partial charge in [0.1, 0.15) is 0 Å². The second-order valence-corrected chi connectivity index (χ2v) is 5.86. The van der Waals surface area contributed by atoms with Crippen LogP contribution in [0, 0.1) is 5.92 Å². The van der Waals surface area contributed by atoms with Crippen LogP contribution in [-0.4, -0.2) is 25.3 Å². The maximum Gasteiger partial charge on any atom is 0.0587 e. The molecule has 0 amide bonds. The Hall–Kier alpha value is -0.0800. The summed E-state index contributed by atoms with van der Waals surface area (Å²) < 4.78 is 5.76. The van der Waals surface area contributed by atoms with E-state index in [1.54, 1.807) is 0 Å². The third kappa shape index (κ3) is 4.59. The molecule has 2 aliphatic rings. The lowest BCUT2D eigenvalue weighted by molar-refractivity contribution is 0.0109. The van der Waals surface area contributed by atoms with E-state index < -0.39 is 0 Å². The Morgan fingerprint density at radius 3 is 2.53 bits per heavy atom. The van der Waals surface area contributed by atoms with Crippen molar-refractivity contribution < 1.29 is 4.74 Å². The minimum atomic E-state index is 0.545. The molecule has 0 bridgehead atoms. The van der Waals surface area contributed by atoms with E-state index in [-0.39, 0.29) is 0 Å². The van der Waals surface area contributed by atoms with Crippen LogP contribution in [0.1, 0.15) is 64.7 Å². The van der Waals surface area contributed by atoms with Crippen LogP contribution in [0.2, 0.25) is 0 Å². The molecular weight excluding hydrogens is 210 g/mol. The van der Waals surface area contributed by atoms with Gasteiger partial charge >= 0.3 is 0 Å². The molecule has 17 heavy (non-hydrogen) atoms. The highest BCUT2D eigenvalue weighted by molar-refractivity contribution is 4.77. The van der Waals surface area contributed by atoms with Crippen molar-refractivity contribution in [1.29, 1.82) is 0 Å². The average molecular weight is 239 g/mol. The molecule has 2 fully saturated rings. The first-order chi connectivity index (χ1) is 8.38. The van der Waals surface area contributed by atoms with Crippen molar-refractivity contribution in [2.24, 2.45) is 5.92 Å². The van der Waals surface area contributed by atoms with Gasteiger partial charge in [0, 0.05) is 12.6 Å². The van der Waals surface area contributed by atoms with Crippen molar-refractivity contribution in [1.82, 2.24) is 5.32 Å². The molecule has 1 aliphatic carbocycles. The molecule has 1 saturated heterocycles. The normalized spacial score (nSPS) is 34.8. The molecule has 2 heteroatoms. The lowest BCUT2D eigenvalue weighted by Crippen LogP contribution is -2.35. The van der Waals surface area contributed by atoms with Gasteiger partial charge in [-0.1, -0.05) is 13.3 Å². The molecule has 1 N–H and O–H groups in total. The fraction of sp³-hybridized carbons (Fsp3) is 1.00. The van der Waals surface area contributed by atoms with Crippen LogP contribution in [0.5, 0.6) is 0 Å². The van der Waals surface area contributed by atoms with Gasteiger partial charge in [0.2, 0.25) is 0 Å².